The number of nitrogens with one attached hydrogen (secondary N) is 2. The highest BCUT2D eigenvalue weighted by Crippen LogP contribution is 2.21. The molecule has 2 amide bonds. The third-order valence-corrected chi connectivity index (χ3v) is 6.81. The number of sulfonamides is 1. The molecule has 0 fully saturated rings. The second-order valence-electron chi connectivity index (χ2n) is 5.17. The van der Waals surface area contributed by atoms with Crippen molar-refractivity contribution in [2.75, 3.05) is 25.9 Å². The molecular formula is C14H22BrN3O4S2. The van der Waals surface area contributed by atoms with E-state index in [1.807, 2.05) is 0 Å². The summed E-state index contributed by atoms with van der Waals surface area (Å²) < 4.78 is 25.3. The molecule has 1 atom stereocenters. The van der Waals surface area contributed by atoms with E-state index in [9.17, 15) is 18.0 Å². The minimum atomic E-state index is -3.20. The molecule has 0 aromatic carbocycles. The van der Waals surface area contributed by atoms with Gasteiger partial charge in [0.1, 0.15) is 6.04 Å². The van der Waals surface area contributed by atoms with Gasteiger partial charge in [0, 0.05) is 20.1 Å². The summed E-state index contributed by atoms with van der Waals surface area (Å²) >= 11 is 4.57. The zero-order chi connectivity index (χ0) is 18.3. The maximum atomic E-state index is 12.0. The highest BCUT2D eigenvalue weighted by Gasteiger charge is 2.18. The Morgan fingerprint density at radius 2 is 2.04 bits per heavy atom. The zero-order valence-corrected chi connectivity index (χ0v) is 17.1. The summed E-state index contributed by atoms with van der Waals surface area (Å²) in [6.07, 6.45) is 0.500. The van der Waals surface area contributed by atoms with Gasteiger partial charge in [0.25, 0.3) is 5.91 Å². The number of halogens is 1. The van der Waals surface area contributed by atoms with Gasteiger partial charge in [0.15, 0.2) is 0 Å². The Labute approximate surface area is 155 Å². The molecule has 0 bridgehead atoms. The average Bonchev–Trinajstić information content (AvgIpc) is 2.97. The third kappa shape index (κ3) is 6.50. The predicted molar refractivity (Wildman–Crippen MR) is 98.7 cm³/mol. The lowest BCUT2D eigenvalue weighted by molar-refractivity contribution is -0.122. The molecule has 0 aliphatic rings. The zero-order valence-electron chi connectivity index (χ0n) is 13.8. The first-order valence-electron chi connectivity index (χ1n) is 7.45. The lowest BCUT2D eigenvalue weighted by Gasteiger charge is -2.17. The van der Waals surface area contributed by atoms with Crippen LogP contribution >= 0.6 is 27.3 Å². The molecule has 1 unspecified atom stereocenters. The van der Waals surface area contributed by atoms with Gasteiger partial charge in [-0.25, -0.2) is 12.7 Å². The molecule has 2 N–H and O–H groups in total. The summed E-state index contributed by atoms with van der Waals surface area (Å²) in [5.74, 6) is -0.556. The summed E-state index contributed by atoms with van der Waals surface area (Å²) in [5.41, 5.74) is 0. The van der Waals surface area contributed by atoms with E-state index in [4.69, 9.17) is 0 Å². The van der Waals surface area contributed by atoms with Crippen LogP contribution in [0.1, 0.15) is 29.9 Å². The van der Waals surface area contributed by atoms with E-state index >= 15 is 0 Å². The van der Waals surface area contributed by atoms with Gasteiger partial charge in [0.2, 0.25) is 15.9 Å². The summed E-state index contributed by atoms with van der Waals surface area (Å²) in [5, 5.41) is 5.31. The SMILES string of the molecule is CCS(=O)(=O)N(C)CCCNC(=O)C(C)NC(=O)c1ccc(Br)s1. The first-order chi connectivity index (χ1) is 11.2. The molecular weight excluding hydrogens is 418 g/mol. The maximum absolute atomic E-state index is 12.0. The Kier molecular flexibility index (Phi) is 8.34. The van der Waals surface area contributed by atoms with Crippen LogP contribution in [0.4, 0.5) is 0 Å². The Balaban J connectivity index is 2.33. The predicted octanol–water partition coefficient (Wildman–Crippen LogP) is 1.42. The van der Waals surface area contributed by atoms with Crippen LogP contribution in [0.3, 0.4) is 0 Å². The molecule has 1 heterocycles. The van der Waals surface area contributed by atoms with Crippen LogP contribution in [0.15, 0.2) is 15.9 Å². The molecule has 0 saturated heterocycles. The van der Waals surface area contributed by atoms with E-state index in [0.717, 1.165) is 3.79 Å². The number of hydrogen-bond donors (Lipinski definition) is 2. The van der Waals surface area contributed by atoms with Crippen molar-refractivity contribution < 1.29 is 18.0 Å². The highest BCUT2D eigenvalue weighted by molar-refractivity contribution is 9.11. The van der Waals surface area contributed by atoms with Crippen LogP contribution in [0.5, 0.6) is 0 Å². The largest absolute Gasteiger partial charge is 0.354 e. The Bertz CT molecular complexity index is 675. The van der Waals surface area contributed by atoms with Crippen molar-refractivity contribution in [3.63, 3.8) is 0 Å². The molecule has 1 aromatic rings. The molecule has 24 heavy (non-hydrogen) atoms. The van der Waals surface area contributed by atoms with E-state index < -0.39 is 16.1 Å². The first kappa shape index (κ1) is 21.1. The van der Waals surface area contributed by atoms with Gasteiger partial charge in [-0.1, -0.05) is 0 Å². The summed E-state index contributed by atoms with van der Waals surface area (Å²) in [7, 11) is -1.68. The molecule has 0 saturated carbocycles. The van der Waals surface area contributed by atoms with E-state index in [0.29, 0.717) is 24.4 Å². The maximum Gasteiger partial charge on any atom is 0.262 e. The second-order valence-corrected chi connectivity index (χ2v) is 9.99. The number of thiophene rings is 1. The fourth-order valence-electron chi connectivity index (χ4n) is 1.80. The fourth-order valence-corrected chi connectivity index (χ4v) is 3.93. The summed E-state index contributed by atoms with van der Waals surface area (Å²) in [6, 6.07) is 2.78. The first-order valence-corrected chi connectivity index (χ1v) is 10.7. The molecule has 1 rings (SSSR count). The lowest BCUT2D eigenvalue weighted by atomic mass is 10.3. The van der Waals surface area contributed by atoms with Crippen molar-refractivity contribution in [3.05, 3.63) is 20.8 Å². The Hall–Kier alpha value is -0.970. The van der Waals surface area contributed by atoms with Crippen LogP contribution < -0.4 is 10.6 Å². The van der Waals surface area contributed by atoms with Crippen molar-refractivity contribution in [1.29, 1.82) is 0 Å². The van der Waals surface area contributed by atoms with Crippen LogP contribution in [0.25, 0.3) is 0 Å². The number of amides is 2. The number of carbonyl (C=O) groups is 2. The Morgan fingerprint density at radius 3 is 2.58 bits per heavy atom. The number of carbonyl (C=O) groups excluding carboxylic acids is 2. The molecule has 0 spiro atoms. The smallest absolute Gasteiger partial charge is 0.262 e. The molecule has 0 aliphatic carbocycles. The van der Waals surface area contributed by atoms with Gasteiger partial charge in [-0.15, -0.1) is 11.3 Å². The van der Waals surface area contributed by atoms with E-state index in [1.54, 1.807) is 26.0 Å². The van der Waals surface area contributed by atoms with E-state index in [-0.39, 0.29) is 17.6 Å². The summed E-state index contributed by atoms with van der Waals surface area (Å²) in [4.78, 5) is 24.4. The van der Waals surface area contributed by atoms with Gasteiger partial charge in [-0.3, -0.25) is 9.59 Å². The van der Waals surface area contributed by atoms with Gasteiger partial charge >= 0.3 is 0 Å². The average molecular weight is 440 g/mol. The molecule has 136 valence electrons. The van der Waals surface area contributed by atoms with Crippen LogP contribution in [0.2, 0.25) is 0 Å². The fraction of sp³-hybridized carbons (Fsp3) is 0.571. The minimum absolute atomic E-state index is 0.0533. The van der Waals surface area contributed by atoms with Crippen molar-refractivity contribution in [2.24, 2.45) is 0 Å². The standard InChI is InChI=1S/C14H22BrN3O4S2/c1-4-24(21,22)18(3)9-5-8-16-13(19)10(2)17-14(20)11-6-7-12(15)23-11/h6-7,10H,4-5,8-9H2,1-3H3,(H,16,19)(H,17,20). The van der Waals surface area contributed by atoms with Crippen molar-refractivity contribution in [1.82, 2.24) is 14.9 Å². The quantitative estimate of drug-likeness (QED) is 0.568. The third-order valence-electron chi connectivity index (χ3n) is 3.33. The van der Waals surface area contributed by atoms with Crippen LogP contribution in [-0.2, 0) is 14.8 Å². The molecule has 7 nitrogen and oxygen atoms in total. The topological polar surface area (TPSA) is 95.6 Å². The van der Waals surface area contributed by atoms with Gasteiger partial charge in [0.05, 0.1) is 14.4 Å². The molecule has 0 radical (unpaired) electrons. The van der Waals surface area contributed by atoms with Crippen LogP contribution in [-0.4, -0.2) is 56.5 Å². The number of hydrogen-bond acceptors (Lipinski definition) is 5. The summed E-state index contributed by atoms with van der Waals surface area (Å²) in [6.45, 7) is 3.86. The lowest BCUT2D eigenvalue weighted by Crippen LogP contribution is -2.45. The van der Waals surface area contributed by atoms with Crippen LogP contribution in [0, 0.1) is 0 Å². The van der Waals surface area contributed by atoms with Gasteiger partial charge in [-0.2, -0.15) is 0 Å². The van der Waals surface area contributed by atoms with E-state index in [2.05, 4.69) is 26.6 Å². The minimum Gasteiger partial charge on any atom is -0.354 e. The normalized spacial score (nSPS) is 12.9. The van der Waals surface area contributed by atoms with Gasteiger partial charge < -0.3 is 10.6 Å². The highest BCUT2D eigenvalue weighted by atomic mass is 79.9. The molecule has 10 heteroatoms. The molecule has 0 aliphatic heterocycles. The van der Waals surface area contributed by atoms with Gasteiger partial charge in [-0.05, 0) is 48.3 Å². The number of nitrogens with zero attached hydrogens (tertiary/aromatic N) is 1. The monoisotopic (exact) mass is 439 g/mol. The number of rotatable bonds is 9. The Morgan fingerprint density at radius 1 is 1.38 bits per heavy atom. The second kappa shape index (κ2) is 9.50. The van der Waals surface area contributed by atoms with Crippen molar-refractivity contribution in [3.8, 4) is 0 Å². The van der Waals surface area contributed by atoms with E-state index in [1.165, 1.54) is 22.7 Å². The van der Waals surface area contributed by atoms with Crippen molar-refractivity contribution in [2.45, 2.75) is 26.3 Å². The van der Waals surface area contributed by atoms with Crippen molar-refractivity contribution >= 4 is 49.1 Å². The molecule has 1 aromatic heterocycles.